The molecule has 0 radical (unpaired) electrons. The van der Waals surface area contributed by atoms with Gasteiger partial charge in [0.1, 0.15) is 5.75 Å². The molecule has 2 N–H and O–H groups in total. The number of aromatic hydroxyl groups is 1. The van der Waals surface area contributed by atoms with E-state index in [4.69, 9.17) is 0 Å². The Balaban J connectivity index is 2.17. The van der Waals surface area contributed by atoms with Crippen molar-refractivity contribution in [3.05, 3.63) is 29.3 Å². The van der Waals surface area contributed by atoms with Gasteiger partial charge in [-0.25, -0.2) is 0 Å². The lowest BCUT2D eigenvalue weighted by Gasteiger charge is -2.20. The summed E-state index contributed by atoms with van der Waals surface area (Å²) in [6, 6.07) is 4.97. The summed E-state index contributed by atoms with van der Waals surface area (Å²) in [5.74, 6) is -0.286. The number of carbonyl (C=O) groups is 2. The number of hydrogen-bond acceptors (Lipinski definition) is 3. The number of amides is 2. The predicted molar refractivity (Wildman–Crippen MR) is 66.4 cm³/mol. The molecule has 0 aliphatic carbocycles. The van der Waals surface area contributed by atoms with E-state index >= 15 is 0 Å². The van der Waals surface area contributed by atoms with Gasteiger partial charge in [-0.2, -0.15) is 0 Å². The molecule has 0 aromatic heterocycles. The average molecular weight is 248 g/mol. The summed E-state index contributed by atoms with van der Waals surface area (Å²) in [6.07, 6.45) is 0.304. The Bertz CT molecular complexity index is 485. The number of nitrogens with one attached hydrogen (secondary N) is 1. The molecule has 0 spiro atoms. The maximum atomic E-state index is 12.2. The van der Waals surface area contributed by atoms with Gasteiger partial charge in [0, 0.05) is 26.1 Å². The zero-order chi connectivity index (χ0) is 13.1. The number of phenolic OH excluding ortho intramolecular Hbond substituents is 1. The van der Waals surface area contributed by atoms with Crippen LogP contribution in [0, 0.1) is 6.92 Å². The van der Waals surface area contributed by atoms with Crippen LogP contribution in [0.1, 0.15) is 22.3 Å². The monoisotopic (exact) mass is 248 g/mol. The van der Waals surface area contributed by atoms with E-state index in [9.17, 15) is 14.7 Å². The van der Waals surface area contributed by atoms with Crippen molar-refractivity contribution in [2.45, 2.75) is 13.3 Å². The van der Waals surface area contributed by atoms with Crippen LogP contribution in [0.2, 0.25) is 0 Å². The molecule has 0 atom stereocenters. The minimum atomic E-state index is -0.232. The van der Waals surface area contributed by atoms with Crippen molar-refractivity contribution in [1.29, 1.82) is 0 Å². The van der Waals surface area contributed by atoms with Gasteiger partial charge >= 0.3 is 0 Å². The lowest BCUT2D eigenvalue weighted by Crippen LogP contribution is -2.34. The summed E-state index contributed by atoms with van der Waals surface area (Å²) >= 11 is 0. The summed E-state index contributed by atoms with van der Waals surface area (Å²) < 4.78 is 0. The smallest absolute Gasteiger partial charge is 0.257 e. The van der Waals surface area contributed by atoms with Crippen molar-refractivity contribution >= 4 is 11.8 Å². The SMILES string of the molecule is Cc1ccc(C(=O)N2CCNC(=O)CC2)c(O)c1. The van der Waals surface area contributed by atoms with Crippen LogP contribution in [0.5, 0.6) is 5.75 Å². The third kappa shape index (κ3) is 2.61. The van der Waals surface area contributed by atoms with Crippen LogP contribution in [0.4, 0.5) is 0 Å². The van der Waals surface area contributed by atoms with E-state index in [1.54, 1.807) is 23.1 Å². The highest BCUT2D eigenvalue weighted by molar-refractivity contribution is 5.97. The Hall–Kier alpha value is -2.04. The first kappa shape index (κ1) is 12.4. The molecular weight excluding hydrogens is 232 g/mol. The van der Waals surface area contributed by atoms with Crippen LogP contribution in [0.25, 0.3) is 0 Å². The first-order valence-electron chi connectivity index (χ1n) is 5.93. The average Bonchev–Trinajstić information content (AvgIpc) is 2.53. The maximum Gasteiger partial charge on any atom is 0.257 e. The molecule has 1 heterocycles. The van der Waals surface area contributed by atoms with Crippen molar-refractivity contribution in [2.24, 2.45) is 0 Å². The van der Waals surface area contributed by atoms with Gasteiger partial charge in [0.05, 0.1) is 5.56 Å². The Morgan fingerprint density at radius 3 is 2.89 bits per heavy atom. The summed E-state index contributed by atoms with van der Waals surface area (Å²) in [7, 11) is 0. The predicted octanol–water partition coefficient (Wildman–Crippen LogP) is 0.663. The van der Waals surface area contributed by atoms with Gasteiger partial charge in [0.2, 0.25) is 5.91 Å². The fourth-order valence-corrected chi connectivity index (χ4v) is 1.96. The Labute approximate surface area is 105 Å². The highest BCUT2D eigenvalue weighted by atomic mass is 16.3. The fourth-order valence-electron chi connectivity index (χ4n) is 1.96. The van der Waals surface area contributed by atoms with E-state index < -0.39 is 0 Å². The van der Waals surface area contributed by atoms with Crippen molar-refractivity contribution in [3.8, 4) is 5.75 Å². The van der Waals surface area contributed by atoms with Gasteiger partial charge in [-0.15, -0.1) is 0 Å². The number of rotatable bonds is 1. The molecule has 0 bridgehead atoms. The Morgan fingerprint density at radius 1 is 1.39 bits per heavy atom. The van der Waals surface area contributed by atoms with Gasteiger partial charge in [-0.1, -0.05) is 6.07 Å². The zero-order valence-electron chi connectivity index (χ0n) is 10.3. The third-order valence-electron chi connectivity index (χ3n) is 2.98. The molecule has 0 saturated carbocycles. The van der Waals surface area contributed by atoms with Gasteiger partial charge in [0.25, 0.3) is 5.91 Å². The number of hydrogen-bond donors (Lipinski definition) is 2. The summed E-state index contributed by atoms with van der Waals surface area (Å²) in [6.45, 7) is 3.16. The van der Waals surface area contributed by atoms with E-state index in [-0.39, 0.29) is 23.1 Å². The van der Waals surface area contributed by atoms with Crippen molar-refractivity contribution in [2.75, 3.05) is 19.6 Å². The maximum absolute atomic E-state index is 12.2. The van der Waals surface area contributed by atoms with Crippen molar-refractivity contribution in [1.82, 2.24) is 10.2 Å². The van der Waals surface area contributed by atoms with Crippen LogP contribution < -0.4 is 5.32 Å². The van der Waals surface area contributed by atoms with Crippen LogP contribution in [0.3, 0.4) is 0 Å². The number of carbonyl (C=O) groups excluding carboxylic acids is 2. The largest absolute Gasteiger partial charge is 0.507 e. The van der Waals surface area contributed by atoms with Gasteiger partial charge in [-0.05, 0) is 24.6 Å². The molecule has 2 rings (SSSR count). The number of nitrogens with zero attached hydrogens (tertiary/aromatic N) is 1. The standard InChI is InChI=1S/C13H16N2O3/c1-9-2-3-10(11(16)8-9)13(18)15-6-4-12(17)14-5-7-15/h2-3,8,16H,4-7H2,1H3,(H,14,17). The van der Waals surface area contributed by atoms with Crippen LogP contribution in [-0.2, 0) is 4.79 Å². The lowest BCUT2D eigenvalue weighted by atomic mass is 10.1. The van der Waals surface area contributed by atoms with E-state index in [1.807, 2.05) is 6.92 Å². The van der Waals surface area contributed by atoms with E-state index in [0.29, 0.717) is 26.1 Å². The molecule has 1 fully saturated rings. The molecule has 1 aliphatic heterocycles. The molecule has 18 heavy (non-hydrogen) atoms. The molecule has 5 heteroatoms. The van der Waals surface area contributed by atoms with Crippen LogP contribution in [0.15, 0.2) is 18.2 Å². The summed E-state index contributed by atoms with van der Waals surface area (Å²) in [4.78, 5) is 25.0. The van der Waals surface area contributed by atoms with Gasteiger partial charge in [-0.3, -0.25) is 9.59 Å². The zero-order valence-corrected chi connectivity index (χ0v) is 10.3. The van der Waals surface area contributed by atoms with E-state index in [1.165, 1.54) is 0 Å². The second kappa shape index (κ2) is 5.08. The second-order valence-corrected chi connectivity index (χ2v) is 4.41. The van der Waals surface area contributed by atoms with Crippen molar-refractivity contribution in [3.63, 3.8) is 0 Å². The Morgan fingerprint density at radius 2 is 2.17 bits per heavy atom. The third-order valence-corrected chi connectivity index (χ3v) is 2.98. The summed E-state index contributed by atoms with van der Waals surface area (Å²) in [5.41, 5.74) is 1.19. The van der Waals surface area contributed by atoms with E-state index in [0.717, 1.165) is 5.56 Å². The molecule has 1 aromatic rings. The molecule has 96 valence electrons. The molecule has 1 aliphatic rings. The molecule has 0 unspecified atom stereocenters. The quantitative estimate of drug-likeness (QED) is 0.767. The topological polar surface area (TPSA) is 69.6 Å². The highest BCUT2D eigenvalue weighted by Crippen LogP contribution is 2.20. The first-order valence-corrected chi connectivity index (χ1v) is 5.93. The van der Waals surface area contributed by atoms with Gasteiger partial charge < -0.3 is 15.3 Å². The molecule has 1 aromatic carbocycles. The first-order chi connectivity index (χ1) is 8.58. The van der Waals surface area contributed by atoms with Crippen molar-refractivity contribution < 1.29 is 14.7 Å². The molecule has 1 saturated heterocycles. The number of phenols is 1. The van der Waals surface area contributed by atoms with Crippen LogP contribution >= 0.6 is 0 Å². The molecule has 2 amide bonds. The second-order valence-electron chi connectivity index (χ2n) is 4.41. The van der Waals surface area contributed by atoms with Crippen LogP contribution in [-0.4, -0.2) is 41.5 Å². The minimum absolute atomic E-state index is 0.0106. The van der Waals surface area contributed by atoms with Gasteiger partial charge in [0.15, 0.2) is 0 Å². The number of benzene rings is 1. The summed E-state index contributed by atoms with van der Waals surface area (Å²) in [5, 5.41) is 12.5. The minimum Gasteiger partial charge on any atom is -0.507 e. The normalized spacial score (nSPS) is 16.1. The Kier molecular flexibility index (Phi) is 3.50. The molecule has 5 nitrogen and oxygen atoms in total. The highest BCUT2D eigenvalue weighted by Gasteiger charge is 2.21. The molecular formula is C13H16N2O3. The fraction of sp³-hybridized carbons (Fsp3) is 0.385. The number of aryl methyl sites for hydroxylation is 1. The lowest BCUT2D eigenvalue weighted by molar-refractivity contribution is -0.120. The van der Waals surface area contributed by atoms with E-state index in [2.05, 4.69) is 5.32 Å².